The zero-order chi connectivity index (χ0) is 15.8. The van der Waals surface area contributed by atoms with E-state index >= 15 is 0 Å². The molecule has 0 aliphatic heterocycles. The van der Waals surface area contributed by atoms with Gasteiger partial charge in [0.25, 0.3) is 0 Å². The van der Waals surface area contributed by atoms with Gasteiger partial charge in [0.05, 0.1) is 9.40 Å². The molecule has 5 nitrogen and oxygen atoms in total. The Morgan fingerprint density at radius 2 is 2.14 bits per heavy atom. The van der Waals surface area contributed by atoms with Crippen molar-refractivity contribution in [1.29, 1.82) is 0 Å². The highest BCUT2D eigenvalue weighted by Gasteiger charge is 2.53. The van der Waals surface area contributed by atoms with Crippen molar-refractivity contribution in [2.45, 2.75) is 45.3 Å². The number of hydrogen-bond acceptors (Lipinski definition) is 4. The van der Waals surface area contributed by atoms with Crippen LogP contribution in [0.15, 0.2) is 16.6 Å². The number of benzene rings is 1. The Morgan fingerprint density at radius 1 is 1.52 bits per heavy atom. The van der Waals surface area contributed by atoms with Gasteiger partial charge >= 0.3 is 5.69 Å². The number of nitro benzene ring substituents is 1. The highest BCUT2D eigenvalue weighted by molar-refractivity contribution is 9.10. The second-order valence-corrected chi connectivity index (χ2v) is 6.23. The molecule has 0 spiro atoms. The van der Waals surface area contributed by atoms with Crippen molar-refractivity contribution in [1.82, 2.24) is 0 Å². The Hall–Kier alpha value is -1.21. The van der Waals surface area contributed by atoms with E-state index in [1.807, 2.05) is 13.8 Å². The summed E-state index contributed by atoms with van der Waals surface area (Å²) in [6.07, 6.45) is 2.04. The van der Waals surface area contributed by atoms with Gasteiger partial charge in [-0.15, -0.1) is 0 Å². The molecule has 21 heavy (non-hydrogen) atoms. The SMILES string of the molecule is CCC1(CC)C(N)CC1Oc1cc(F)c(Br)cc1[N+](=O)[O-]. The first-order valence-corrected chi connectivity index (χ1v) is 7.70. The van der Waals surface area contributed by atoms with E-state index < -0.39 is 10.7 Å². The molecule has 2 atom stereocenters. The Kier molecular flexibility index (Phi) is 4.53. The summed E-state index contributed by atoms with van der Waals surface area (Å²) in [7, 11) is 0. The summed E-state index contributed by atoms with van der Waals surface area (Å²) < 4.78 is 19.5. The molecule has 1 aliphatic rings. The Bertz CT molecular complexity index is 563. The minimum Gasteiger partial charge on any atom is -0.483 e. The maximum Gasteiger partial charge on any atom is 0.312 e. The Balaban J connectivity index is 2.32. The van der Waals surface area contributed by atoms with E-state index in [4.69, 9.17) is 10.5 Å². The number of nitrogens with two attached hydrogens (primary N) is 1. The van der Waals surface area contributed by atoms with Gasteiger partial charge in [0.15, 0.2) is 5.75 Å². The van der Waals surface area contributed by atoms with E-state index in [0.29, 0.717) is 6.42 Å². The predicted octanol–water partition coefficient (Wildman–Crippen LogP) is 3.78. The number of rotatable bonds is 5. The van der Waals surface area contributed by atoms with Crippen molar-refractivity contribution in [3.63, 3.8) is 0 Å². The lowest BCUT2D eigenvalue weighted by Crippen LogP contribution is -2.63. The average Bonchev–Trinajstić information content (AvgIpc) is 2.43. The molecule has 2 unspecified atom stereocenters. The molecule has 0 amide bonds. The van der Waals surface area contributed by atoms with Crippen LogP contribution in [0.5, 0.6) is 5.75 Å². The van der Waals surface area contributed by atoms with Crippen molar-refractivity contribution in [2.24, 2.45) is 11.1 Å². The van der Waals surface area contributed by atoms with Gasteiger partial charge in [-0.05, 0) is 28.8 Å². The fourth-order valence-electron chi connectivity index (χ4n) is 3.08. The van der Waals surface area contributed by atoms with Crippen LogP contribution in [0.4, 0.5) is 10.1 Å². The van der Waals surface area contributed by atoms with Crippen LogP contribution in [0.2, 0.25) is 0 Å². The molecule has 1 aromatic carbocycles. The fourth-order valence-corrected chi connectivity index (χ4v) is 3.41. The molecule has 0 saturated heterocycles. The monoisotopic (exact) mass is 360 g/mol. The average molecular weight is 361 g/mol. The fraction of sp³-hybridized carbons (Fsp3) is 0.571. The Morgan fingerprint density at radius 3 is 2.62 bits per heavy atom. The topological polar surface area (TPSA) is 78.4 Å². The molecule has 116 valence electrons. The minimum atomic E-state index is -0.585. The highest BCUT2D eigenvalue weighted by atomic mass is 79.9. The molecular weight excluding hydrogens is 343 g/mol. The minimum absolute atomic E-state index is 0.0110. The summed E-state index contributed by atoms with van der Waals surface area (Å²) in [6, 6.07) is 2.20. The maximum atomic E-state index is 13.7. The second-order valence-electron chi connectivity index (χ2n) is 5.38. The van der Waals surface area contributed by atoms with Gasteiger partial charge in [-0.25, -0.2) is 4.39 Å². The van der Waals surface area contributed by atoms with E-state index in [0.717, 1.165) is 25.0 Å². The number of halogens is 2. The summed E-state index contributed by atoms with van der Waals surface area (Å²) >= 11 is 2.95. The van der Waals surface area contributed by atoms with E-state index in [1.54, 1.807) is 0 Å². The molecule has 0 heterocycles. The summed E-state index contributed by atoms with van der Waals surface area (Å²) in [4.78, 5) is 10.5. The molecule has 0 bridgehead atoms. The molecule has 2 rings (SSSR count). The third-order valence-corrected chi connectivity index (χ3v) is 5.24. The van der Waals surface area contributed by atoms with Crippen molar-refractivity contribution in [3.8, 4) is 5.75 Å². The first-order valence-electron chi connectivity index (χ1n) is 6.91. The van der Waals surface area contributed by atoms with Crippen molar-refractivity contribution in [3.05, 3.63) is 32.5 Å². The van der Waals surface area contributed by atoms with E-state index in [1.165, 1.54) is 0 Å². The lowest BCUT2D eigenvalue weighted by atomic mass is 9.59. The predicted molar refractivity (Wildman–Crippen MR) is 80.8 cm³/mol. The van der Waals surface area contributed by atoms with Crippen LogP contribution < -0.4 is 10.5 Å². The van der Waals surface area contributed by atoms with Crippen LogP contribution >= 0.6 is 15.9 Å². The van der Waals surface area contributed by atoms with Gasteiger partial charge in [0.2, 0.25) is 0 Å². The van der Waals surface area contributed by atoms with Crippen molar-refractivity contribution < 1.29 is 14.1 Å². The zero-order valence-corrected chi connectivity index (χ0v) is 13.5. The van der Waals surface area contributed by atoms with Crippen LogP contribution in [-0.2, 0) is 0 Å². The molecular formula is C14H18BrFN2O3. The van der Waals surface area contributed by atoms with Gasteiger partial charge in [0.1, 0.15) is 11.9 Å². The van der Waals surface area contributed by atoms with Crippen LogP contribution in [0.1, 0.15) is 33.1 Å². The number of hydrogen-bond donors (Lipinski definition) is 1. The van der Waals surface area contributed by atoms with Crippen LogP contribution in [0.3, 0.4) is 0 Å². The zero-order valence-electron chi connectivity index (χ0n) is 11.9. The van der Waals surface area contributed by atoms with Crippen molar-refractivity contribution >= 4 is 21.6 Å². The molecule has 7 heteroatoms. The maximum absolute atomic E-state index is 13.7. The van der Waals surface area contributed by atoms with Gasteiger partial charge in [-0.1, -0.05) is 13.8 Å². The van der Waals surface area contributed by atoms with Gasteiger partial charge in [-0.3, -0.25) is 10.1 Å². The highest BCUT2D eigenvalue weighted by Crippen LogP contribution is 2.49. The van der Waals surface area contributed by atoms with Gasteiger partial charge in [-0.2, -0.15) is 0 Å². The van der Waals surface area contributed by atoms with Gasteiger partial charge in [0, 0.05) is 30.0 Å². The standard InChI is InChI=1S/C14H18BrFN2O3/c1-3-14(4-2)12(17)7-13(14)21-11-6-9(16)8(15)5-10(11)18(19)20/h5-6,12-13H,3-4,7,17H2,1-2H3. The first-order chi connectivity index (χ1) is 9.85. The quantitative estimate of drug-likeness (QED) is 0.640. The van der Waals surface area contributed by atoms with E-state index in [-0.39, 0.29) is 33.5 Å². The summed E-state index contributed by atoms with van der Waals surface area (Å²) in [6.45, 7) is 4.05. The Labute approximate surface area is 130 Å². The molecule has 1 fully saturated rings. The van der Waals surface area contributed by atoms with Crippen LogP contribution in [-0.4, -0.2) is 17.1 Å². The molecule has 1 saturated carbocycles. The van der Waals surface area contributed by atoms with E-state index in [9.17, 15) is 14.5 Å². The van der Waals surface area contributed by atoms with Gasteiger partial charge < -0.3 is 10.5 Å². The lowest BCUT2D eigenvalue weighted by Gasteiger charge is -2.53. The summed E-state index contributed by atoms with van der Waals surface area (Å²) in [5.74, 6) is -0.623. The van der Waals surface area contributed by atoms with Crippen molar-refractivity contribution in [2.75, 3.05) is 0 Å². The third kappa shape index (κ3) is 2.64. The molecule has 2 N–H and O–H groups in total. The molecule has 0 aromatic heterocycles. The number of ether oxygens (including phenoxy) is 1. The molecule has 0 radical (unpaired) electrons. The largest absolute Gasteiger partial charge is 0.483 e. The normalized spacial score (nSPS) is 23.5. The lowest BCUT2D eigenvalue weighted by molar-refractivity contribution is -0.386. The first kappa shape index (κ1) is 16.2. The summed E-state index contributed by atoms with van der Waals surface area (Å²) in [5, 5.41) is 11.1. The van der Waals surface area contributed by atoms with Crippen LogP contribution in [0.25, 0.3) is 0 Å². The smallest absolute Gasteiger partial charge is 0.312 e. The second kappa shape index (κ2) is 5.88. The number of nitrogens with zero attached hydrogens (tertiary/aromatic N) is 1. The van der Waals surface area contributed by atoms with E-state index in [2.05, 4.69) is 15.9 Å². The molecule has 1 aromatic rings. The summed E-state index contributed by atoms with van der Waals surface area (Å²) in [5.41, 5.74) is 5.64. The number of nitro groups is 1. The molecule has 1 aliphatic carbocycles. The van der Waals surface area contributed by atoms with Crippen LogP contribution in [0, 0.1) is 21.3 Å². The third-order valence-electron chi connectivity index (χ3n) is 4.63.